The first-order chi connectivity index (χ1) is 16.4. The number of carboxylic acids is 1. The molecule has 0 radical (unpaired) electrons. The van der Waals surface area contributed by atoms with Crippen LogP contribution < -0.4 is 10.1 Å². The Morgan fingerprint density at radius 3 is 2.26 bits per heavy atom. The van der Waals surface area contributed by atoms with Crippen molar-refractivity contribution < 1.29 is 19.4 Å². The molecule has 178 valence electrons. The largest absolute Gasteiger partial charge is 0.481 e. The highest BCUT2D eigenvalue weighted by molar-refractivity contribution is 6.35. The fourth-order valence-electron chi connectivity index (χ4n) is 3.29. The van der Waals surface area contributed by atoms with Crippen LogP contribution in [0.3, 0.4) is 0 Å². The van der Waals surface area contributed by atoms with Gasteiger partial charge in [0.05, 0.1) is 6.42 Å². The molecule has 3 rings (SSSR count). The van der Waals surface area contributed by atoms with Gasteiger partial charge in [-0.1, -0.05) is 48.7 Å². The van der Waals surface area contributed by atoms with Crippen molar-refractivity contribution in [3.05, 3.63) is 76.0 Å². The van der Waals surface area contributed by atoms with Crippen LogP contribution in [0.1, 0.15) is 54.6 Å². The van der Waals surface area contributed by atoms with Crippen LogP contribution >= 0.6 is 23.2 Å². The minimum absolute atomic E-state index is 0.0763. The molecule has 1 atom stereocenters. The highest BCUT2D eigenvalue weighted by Gasteiger charge is 2.16. The van der Waals surface area contributed by atoms with Gasteiger partial charge in [0.1, 0.15) is 6.10 Å². The van der Waals surface area contributed by atoms with Crippen LogP contribution in [0.2, 0.25) is 10.0 Å². The summed E-state index contributed by atoms with van der Waals surface area (Å²) in [6.45, 7) is 2.18. The number of halogens is 2. The van der Waals surface area contributed by atoms with Crippen molar-refractivity contribution in [1.29, 1.82) is 0 Å². The summed E-state index contributed by atoms with van der Waals surface area (Å²) in [5.41, 5.74) is 2.91. The molecule has 0 bridgehead atoms. The van der Waals surface area contributed by atoms with Gasteiger partial charge in [0.2, 0.25) is 0 Å². The number of amides is 1. The van der Waals surface area contributed by atoms with E-state index in [-0.39, 0.29) is 31.0 Å². The van der Waals surface area contributed by atoms with Crippen LogP contribution in [-0.4, -0.2) is 33.5 Å². The fourth-order valence-corrected chi connectivity index (χ4v) is 3.82. The van der Waals surface area contributed by atoms with Crippen molar-refractivity contribution in [3.8, 4) is 17.1 Å². The monoisotopic (exact) mass is 501 g/mol. The molecule has 1 heterocycles. The minimum Gasteiger partial charge on any atom is -0.481 e. The molecule has 34 heavy (non-hydrogen) atoms. The summed E-state index contributed by atoms with van der Waals surface area (Å²) >= 11 is 12.2. The zero-order valence-electron chi connectivity index (χ0n) is 18.6. The van der Waals surface area contributed by atoms with E-state index in [0.717, 1.165) is 36.0 Å². The molecule has 0 unspecified atom stereocenters. The molecule has 9 heteroatoms. The molecule has 1 aromatic heterocycles. The molecular formula is C25H25Cl2N3O4. The van der Waals surface area contributed by atoms with E-state index < -0.39 is 5.97 Å². The lowest BCUT2D eigenvalue weighted by atomic mass is 10.0. The third kappa shape index (κ3) is 7.43. The van der Waals surface area contributed by atoms with E-state index in [2.05, 4.69) is 22.2 Å². The number of carboxylic acid groups (broad SMARTS) is 1. The van der Waals surface area contributed by atoms with Crippen molar-refractivity contribution in [2.24, 2.45) is 0 Å². The molecule has 0 saturated heterocycles. The molecule has 0 saturated carbocycles. The van der Waals surface area contributed by atoms with Gasteiger partial charge in [0, 0.05) is 40.1 Å². The van der Waals surface area contributed by atoms with Gasteiger partial charge in [-0.25, -0.2) is 9.97 Å². The third-order valence-corrected chi connectivity index (χ3v) is 5.50. The van der Waals surface area contributed by atoms with Gasteiger partial charge in [-0.05, 0) is 54.3 Å². The second-order valence-corrected chi connectivity index (χ2v) is 8.56. The number of aliphatic carboxylic acids is 1. The molecule has 3 aromatic rings. The first kappa shape index (κ1) is 25.5. The SMILES string of the molecule is CCCC[C@H](Oc1ncc(-c2cc(Cl)cc(Cl)c2)cn1)c1ccc(C(=O)NCCC(=O)O)cc1. The number of unbranched alkanes of at least 4 members (excludes halogenated alkanes) is 1. The minimum atomic E-state index is -0.960. The number of nitrogens with zero attached hydrogens (tertiary/aromatic N) is 2. The van der Waals surface area contributed by atoms with Gasteiger partial charge in [-0.3, -0.25) is 9.59 Å². The number of carbonyl (C=O) groups excluding carboxylic acids is 1. The number of benzene rings is 2. The topological polar surface area (TPSA) is 101 Å². The molecule has 0 fully saturated rings. The van der Waals surface area contributed by atoms with Crippen LogP contribution in [0.15, 0.2) is 54.9 Å². The third-order valence-electron chi connectivity index (χ3n) is 5.06. The lowest BCUT2D eigenvalue weighted by molar-refractivity contribution is -0.136. The van der Waals surface area contributed by atoms with Gasteiger partial charge in [0.25, 0.3) is 5.91 Å². The van der Waals surface area contributed by atoms with Crippen molar-refractivity contribution in [2.75, 3.05) is 6.54 Å². The van der Waals surface area contributed by atoms with Crippen molar-refractivity contribution in [3.63, 3.8) is 0 Å². The summed E-state index contributed by atoms with van der Waals surface area (Å²) in [6.07, 6.45) is 5.61. The Balaban J connectivity index is 1.70. The van der Waals surface area contributed by atoms with E-state index in [4.69, 9.17) is 33.0 Å². The summed E-state index contributed by atoms with van der Waals surface area (Å²) in [7, 11) is 0. The van der Waals surface area contributed by atoms with E-state index in [0.29, 0.717) is 15.6 Å². The lowest BCUT2D eigenvalue weighted by Crippen LogP contribution is -2.26. The first-order valence-electron chi connectivity index (χ1n) is 10.9. The number of hydrogen-bond donors (Lipinski definition) is 2. The molecule has 0 aliphatic heterocycles. The first-order valence-corrected chi connectivity index (χ1v) is 11.7. The Morgan fingerprint density at radius 1 is 1.03 bits per heavy atom. The maximum atomic E-state index is 12.2. The molecule has 0 spiro atoms. The van der Waals surface area contributed by atoms with E-state index in [1.54, 1.807) is 42.7 Å². The number of carbonyl (C=O) groups is 2. The standard InChI is InChI=1S/C25H25Cl2N3O4/c1-2-3-4-22(16-5-7-17(8-6-16)24(33)28-10-9-23(31)32)34-25-29-14-19(15-30-25)18-11-20(26)13-21(27)12-18/h5-8,11-15,22H,2-4,9-10H2,1H3,(H,28,33)(H,31,32)/t22-/m0/s1. The molecular weight excluding hydrogens is 477 g/mol. The molecule has 0 aliphatic rings. The number of rotatable bonds is 11. The zero-order chi connectivity index (χ0) is 24.5. The van der Waals surface area contributed by atoms with Crippen LogP contribution in [0.4, 0.5) is 0 Å². The van der Waals surface area contributed by atoms with Gasteiger partial charge in [-0.15, -0.1) is 0 Å². The van der Waals surface area contributed by atoms with Crippen molar-refractivity contribution in [2.45, 2.75) is 38.7 Å². The zero-order valence-corrected chi connectivity index (χ0v) is 20.1. The smallest absolute Gasteiger partial charge is 0.316 e. The number of ether oxygens (including phenoxy) is 1. The average Bonchev–Trinajstić information content (AvgIpc) is 2.81. The van der Waals surface area contributed by atoms with E-state index in [1.807, 2.05) is 12.1 Å². The van der Waals surface area contributed by atoms with Gasteiger partial charge >= 0.3 is 12.0 Å². The fraction of sp³-hybridized carbons (Fsp3) is 0.280. The van der Waals surface area contributed by atoms with E-state index in [1.165, 1.54) is 0 Å². The van der Waals surface area contributed by atoms with Crippen LogP contribution in [-0.2, 0) is 4.79 Å². The number of aromatic nitrogens is 2. The molecule has 2 N–H and O–H groups in total. The molecule has 0 aliphatic carbocycles. The molecule has 2 aromatic carbocycles. The summed E-state index contributed by atoms with van der Waals surface area (Å²) in [5, 5.41) is 12.3. The summed E-state index contributed by atoms with van der Waals surface area (Å²) < 4.78 is 6.09. The van der Waals surface area contributed by atoms with Gasteiger partial charge < -0.3 is 15.2 Å². The highest BCUT2D eigenvalue weighted by atomic mass is 35.5. The summed E-state index contributed by atoms with van der Waals surface area (Å²) in [4.78, 5) is 31.5. The highest BCUT2D eigenvalue weighted by Crippen LogP contribution is 2.28. The quantitative estimate of drug-likeness (QED) is 0.335. The lowest BCUT2D eigenvalue weighted by Gasteiger charge is -2.18. The normalized spacial score (nSPS) is 11.6. The van der Waals surface area contributed by atoms with Crippen LogP contribution in [0.5, 0.6) is 6.01 Å². The van der Waals surface area contributed by atoms with E-state index in [9.17, 15) is 9.59 Å². The van der Waals surface area contributed by atoms with Gasteiger partial charge in [-0.2, -0.15) is 0 Å². The average molecular weight is 502 g/mol. The van der Waals surface area contributed by atoms with Crippen molar-refractivity contribution >= 4 is 35.1 Å². The molecule has 1 amide bonds. The number of hydrogen-bond acceptors (Lipinski definition) is 5. The van der Waals surface area contributed by atoms with E-state index >= 15 is 0 Å². The van der Waals surface area contributed by atoms with Crippen LogP contribution in [0, 0.1) is 0 Å². The summed E-state index contributed by atoms with van der Waals surface area (Å²) in [6, 6.07) is 12.5. The van der Waals surface area contributed by atoms with Gasteiger partial charge in [0.15, 0.2) is 0 Å². The van der Waals surface area contributed by atoms with Crippen molar-refractivity contribution in [1.82, 2.24) is 15.3 Å². The maximum Gasteiger partial charge on any atom is 0.316 e. The Hall–Kier alpha value is -3.16. The predicted octanol–water partition coefficient (Wildman–Crippen LogP) is 5.97. The second kappa shape index (κ2) is 12.3. The Bertz CT molecular complexity index is 1100. The second-order valence-electron chi connectivity index (χ2n) is 7.68. The number of nitrogens with one attached hydrogen (secondary N) is 1. The Morgan fingerprint density at radius 2 is 1.68 bits per heavy atom. The predicted molar refractivity (Wildman–Crippen MR) is 131 cm³/mol. The molecule has 7 nitrogen and oxygen atoms in total. The van der Waals surface area contributed by atoms with Crippen LogP contribution in [0.25, 0.3) is 11.1 Å². The Labute approximate surface area is 208 Å². The summed E-state index contributed by atoms with van der Waals surface area (Å²) in [5.74, 6) is -1.28. The maximum absolute atomic E-state index is 12.2. The Kier molecular flexibility index (Phi) is 9.24.